The fourth-order valence-electron chi connectivity index (χ4n) is 8.23. The largest absolute Gasteiger partial charge is 0.460 e. The number of rotatable bonds is 18. The minimum Gasteiger partial charge on any atom is -0.460 e. The molecule has 1 aromatic rings. The van der Waals surface area contributed by atoms with Crippen molar-refractivity contribution in [3.8, 4) is 0 Å². The number of benzene rings is 1. The number of aliphatic hydroxyl groups is 1. The SMILES string of the molecule is CCCCCC1(CCCCC)O[C@@H]2[C@H](O1)[C@H]1ON(Cc3ccccc3C=CC(=O)N(C)C)[C@@H]3C(=O)O[C@@H]2C[C@]13C(=O)N[C@H](CO)CCC(=O)OC(C)(C)C. The Morgan fingerprint density at radius 2 is 1.72 bits per heavy atom. The number of hydrogen-bond donors (Lipinski definition) is 2. The number of nitrogens with zero attached hydrogens (tertiary/aromatic N) is 2. The summed E-state index contributed by atoms with van der Waals surface area (Å²) < 4.78 is 25.4. The van der Waals surface area contributed by atoms with Crippen LogP contribution >= 0.6 is 0 Å². The average Bonchev–Trinajstić information content (AvgIpc) is 3.67. The molecule has 300 valence electrons. The highest BCUT2D eigenvalue weighted by molar-refractivity contribution is 5.94. The van der Waals surface area contributed by atoms with E-state index in [-0.39, 0.29) is 31.7 Å². The molecule has 7 atom stereocenters. The zero-order valence-electron chi connectivity index (χ0n) is 33.1. The summed E-state index contributed by atoms with van der Waals surface area (Å²) in [5.41, 5.74) is -0.619. The van der Waals surface area contributed by atoms with E-state index >= 15 is 0 Å². The highest BCUT2D eigenvalue weighted by Crippen LogP contribution is 2.58. The van der Waals surface area contributed by atoms with Crippen LogP contribution in [0.5, 0.6) is 0 Å². The molecule has 3 heterocycles. The van der Waals surface area contributed by atoms with Crippen molar-refractivity contribution >= 4 is 29.8 Å². The minimum atomic E-state index is -1.46. The molecule has 0 radical (unpaired) electrons. The smallest absolute Gasteiger partial charge is 0.327 e. The highest BCUT2D eigenvalue weighted by Gasteiger charge is 2.76. The first kappa shape index (κ1) is 41.8. The van der Waals surface area contributed by atoms with Crippen LogP contribution in [-0.4, -0.2) is 107 Å². The lowest BCUT2D eigenvalue weighted by Crippen LogP contribution is -2.70. The molecule has 4 aliphatic rings. The number of carbonyl (C=O) groups is 4. The van der Waals surface area contributed by atoms with E-state index < -0.39 is 77.8 Å². The number of ether oxygens (including phenoxy) is 4. The van der Waals surface area contributed by atoms with Crippen LogP contribution < -0.4 is 5.32 Å². The van der Waals surface area contributed by atoms with Gasteiger partial charge in [0.15, 0.2) is 11.8 Å². The van der Waals surface area contributed by atoms with Gasteiger partial charge >= 0.3 is 11.9 Å². The van der Waals surface area contributed by atoms with Gasteiger partial charge in [-0.15, -0.1) is 0 Å². The van der Waals surface area contributed by atoms with Gasteiger partial charge in [-0.2, -0.15) is 5.06 Å². The van der Waals surface area contributed by atoms with Crippen molar-refractivity contribution in [2.75, 3.05) is 20.7 Å². The first-order valence-electron chi connectivity index (χ1n) is 19.8. The lowest BCUT2D eigenvalue weighted by Gasteiger charge is -2.49. The van der Waals surface area contributed by atoms with Gasteiger partial charge in [0.1, 0.15) is 35.4 Å². The molecule has 54 heavy (non-hydrogen) atoms. The van der Waals surface area contributed by atoms with Crippen molar-refractivity contribution in [3.63, 3.8) is 0 Å². The lowest BCUT2D eigenvalue weighted by atomic mass is 9.62. The number of likely N-dealkylation sites (N-methyl/N-ethyl adjacent to an activating group) is 1. The number of hydrogen-bond acceptors (Lipinski definition) is 11. The molecular formula is C41H61N3O10. The molecule has 13 heteroatoms. The van der Waals surface area contributed by atoms with Gasteiger partial charge in [0.25, 0.3) is 0 Å². The summed E-state index contributed by atoms with van der Waals surface area (Å²) >= 11 is 0. The second-order valence-electron chi connectivity index (χ2n) is 16.5. The Morgan fingerprint density at radius 3 is 2.35 bits per heavy atom. The van der Waals surface area contributed by atoms with E-state index in [9.17, 15) is 24.3 Å². The first-order valence-corrected chi connectivity index (χ1v) is 19.8. The third kappa shape index (κ3) is 9.18. The van der Waals surface area contributed by atoms with Crippen LogP contribution in [-0.2, 0) is 49.5 Å². The summed E-state index contributed by atoms with van der Waals surface area (Å²) in [6, 6.07) is 5.55. The molecule has 1 aromatic carbocycles. The van der Waals surface area contributed by atoms with Gasteiger partial charge in [0, 0.05) is 45.9 Å². The van der Waals surface area contributed by atoms with E-state index in [2.05, 4.69) is 19.2 Å². The topological polar surface area (TPSA) is 153 Å². The number of fused-ring (bicyclic) bond motifs is 4. The zero-order valence-corrected chi connectivity index (χ0v) is 33.1. The van der Waals surface area contributed by atoms with E-state index in [4.69, 9.17) is 23.8 Å². The highest BCUT2D eigenvalue weighted by atomic mass is 16.8. The predicted octanol–water partition coefficient (Wildman–Crippen LogP) is 4.83. The van der Waals surface area contributed by atoms with E-state index in [1.54, 1.807) is 40.9 Å². The van der Waals surface area contributed by atoms with Crippen molar-refractivity contribution < 1.29 is 48.1 Å². The molecule has 13 nitrogen and oxygen atoms in total. The van der Waals surface area contributed by atoms with Gasteiger partial charge in [-0.1, -0.05) is 63.8 Å². The van der Waals surface area contributed by atoms with Crippen molar-refractivity contribution in [1.29, 1.82) is 0 Å². The fraction of sp³-hybridized carbons (Fsp3) is 0.707. The lowest BCUT2D eigenvalue weighted by molar-refractivity contribution is -0.224. The molecule has 3 aliphatic heterocycles. The van der Waals surface area contributed by atoms with Crippen LogP contribution in [0.25, 0.3) is 6.08 Å². The molecule has 1 saturated carbocycles. The third-order valence-corrected chi connectivity index (χ3v) is 10.9. The molecule has 3 saturated heterocycles. The number of nitrogens with one attached hydrogen (secondary N) is 1. The monoisotopic (exact) mass is 755 g/mol. The van der Waals surface area contributed by atoms with Gasteiger partial charge in [-0.25, -0.2) is 0 Å². The van der Waals surface area contributed by atoms with Crippen LogP contribution in [0.2, 0.25) is 0 Å². The van der Waals surface area contributed by atoms with Gasteiger partial charge in [0.05, 0.1) is 19.2 Å². The molecule has 0 unspecified atom stereocenters. The van der Waals surface area contributed by atoms with Crippen molar-refractivity contribution in [1.82, 2.24) is 15.3 Å². The van der Waals surface area contributed by atoms with Crippen molar-refractivity contribution in [2.24, 2.45) is 5.41 Å². The standard InChI is InChI=1S/C41H61N3O10/c1-8-10-14-22-40(23-15-11-9-2)52-33-30-24-41(38(49)42-29(26-45)19-21-32(47)51-39(3,4)5)35(37(48)50-30)44(54-36(41)34(33)53-40)25-28-17-13-12-16-27(28)18-20-31(46)43(6)7/h12-13,16-18,20,29-30,33-36,45H,8-11,14-15,19,21-26H2,1-7H3,(H,42,49)/t29-,30+,33-,34-,35+,36+,41+/m0/s1. The molecule has 2 bridgehead atoms. The normalized spacial score (nSPS) is 27.7. The van der Waals surface area contributed by atoms with Gasteiger partial charge in [0.2, 0.25) is 11.8 Å². The summed E-state index contributed by atoms with van der Waals surface area (Å²) in [7, 11) is 3.35. The quantitative estimate of drug-likeness (QED) is 0.120. The van der Waals surface area contributed by atoms with Crippen molar-refractivity contribution in [2.45, 2.75) is 160 Å². The van der Waals surface area contributed by atoms with Crippen molar-refractivity contribution in [3.05, 3.63) is 41.5 Å². The maximum Gasteiger partial charge on any atom is 0.327 e. The van der Waals surface area contributed by atoms with E-state index in [1.165, 1.54) is 16.0 Å². The molecule has 2 N–H and O–H groups in total. The maximum absolute atomic E-state index is 14.9. The Bertz CT molecular complexity index is 1510. The Kier molecular flexibility index (Phi) is 13.6. The van der Waals surface area contributed by atoms with E-state index in [0.717, 1.165) is 49.7 Å². The Hall–Kier alpha value is -3.36. The van der Waals surface area contributed by atoms with Gasteiger partial charge in [-0.05, 0) is 57.2 Å². The first-order chi connectivity index (χ1) is 25.7. The van der Waals surface area contributed by atoms with Crippen LogP contribution in [0.1, 0.15) is 116 Å². The van der Waals surface area contributed by atoms with Gasteiger partial charge in [-0.3, -0.25) is 24.0 Å². The maximum atomic E-state index is 14.9. The molecule has 0 aromatic heterocycles. The minimum absolute atomic E-state index is 0.0176. The average molecular weight is 756 g/mol. The Morgan fingerprint density at radius 1 is 1.06 bits per heavy atom. The summed E-state index contributed by atoms with van der Waals surface area (Å²) in [4.78, 5) is 62.3. The summed E-state index contributed by atoms with van der Waals surface area (Å²) in [6.45, 7) is 9.31. The van der Waals surface area contributed by atoms with Crippen LogP contribution in [0.15, 0.2) is 30.3 Å². The number of carbonyl (C=O) groups excluding carboxylic acids is 4. The molecule has 1 aliphatic carbocycles. The number of esters is 2. The summed E-state index contributed by atoms with van der Waals surface area (Å²) in [5, 5.41) is 14.9. The van der Waals surface area contributed by atoms with E-state index in [1.807, 2.05) is 24.3 Å². The van der Waals surface area contributed by atoms with Crippen LogP contribution in [0.3, 0.4) is 0 Å². The number of hydroxylamine groups is 2. The van der Waals surface area contributed by atoms with E-state index in [0.29, 0.717) is 12.8 Å². The number of amides is 2. The number of aliphatic hydroxyl groups excluding tert-OH is 1. The Labute approximate surface area is 320 Å². The zero-order chi connectivity index (χ0) is 39.3. The second-order valence-corrected chi connectivity index (χ2v) is 16.5. The number of unbranched alkanes of at least 4 members (excludes halogenated alkanes) is 4. The fourth-order valence-corrected chi connectivity index (χ4v) is 8.23. The Balaban J connectivity index is 1.50. The second kappa shape index (κ2) is 17.6. The molecule has 4 fully saturated rings. The van der Waals surface area contributed by atoms with Crippen LogP contribution in [0.4, 0.5) is 0 Å². The summed E-state index contributed by atoms with van der Waals surface area (Å²) in [5.74, 6) is -2.62. The third-order valence-electron chi connectivity index (χ3n) is 10.9. The molecule has 2 amide bonds. The molecular weight excluding hydrogens is 694 g/mol. The molecule has 5 rings (SSSR count). The molecule has 0 spiro atoms. The van der Waals surface area contributed by atoms with Gasteiger partial charge < -0.3 is 34.3 Å². The van der Waals surface area contributed by atoms with Crippen LogP contribution in [0, 0.1) is 5.41 Å². The summed E-state index contributed by atoms with van der Waals surface area (Å²) in [6.07, 6.45) is 7.62. The predicted molar refractivity (Wildman–Crippen MR) is 200 cm³/mol.